The van der Waals surface area contributed by atoms with E-state index in [9.17, 15) is 0 Å². The van der Waals surface area contributed by atoms with Gasteiger partial charge >= 0.3 is 0 Å². The molecule has 0 atom stereocenters. The first-order chi connectivity index (χ1) is 13.2. The molecule has 0 radical (unpaired) electrons. The van der Waals surface area contributed by atoms with Crippen molar-refractivity contribution in [1.82, 2.24) is 20.5 Å². The first-order valence-corrected chi connectivity index (χ1v) is 10.0. The van der Waals surface area contributed by atoms with E-state index in [1.807, 2.05) is 12.1 Å². The molecule has 1 aliphatic rings. The van der Waals surface area contributed by atoms with Gasteiger partial charge in [-0.25, -0.2) is 9.98 Å². The van der Waals surface area contributed by atoms with E-state index in [-0.39, 0.29) is 24.0 Å². The zero-order valence-corrected chi connectivity index (χ0v) is 19.2. The summed E-state index contributed by atoms with van der Waals surface area (Å²) in [6, 6.07) is 8.18. The van der Waals surface area contributed by atoms with E-state index in [0.29, 0.717) is 12.4 Å². The van der Waals surface area contributed by atoms with E-state index < -0.39 is 0 Å². The highest BCUT2D eigenvalue weighted by Gasteiger charge is 2.10. The van der Waals surface area contributed by atoms with Gasteiger partial charge in [0.2, 0.25) is 5.89 Å². The van der Waals surface area contributed by atoms with Crippen LogP contribution in [0.4, 0.5) is 0 Å². The molecule has 1 aliphatic heterocycles. The molecule has 3 rings (SSSR count). The Morgan fingerprint density at radius 3 is 2.64 bits per heavy atom. The van der Waals surface area contributed by atoms with Gasteiger partial charge < -0.3 is 20.0 Å². The standard InChI is InChI=1S/C21H31N5O.HI/c1-3-22-21(23-11-6-14-26-12-4-5-13-26)24-15-19-16-27-20(25-19)18-9-7-17(2)8-10-18;/h7-10,16H,3-6,11-15H2,1-2H3,(H2,22,23,24);1H. The van der Waals surface area contributed by atoms with Crippen molar-refractivity contribution in [2.75, 3.05) is 32.7 Å². The third-order valence-electron chi connectivity index (χ3n) is 4.74. The maximum absolute atomic E-state index is 5.61. The Labute approximate surface area is 185 Å². The average Bonchev–Trinajstić information content (AvgIpc) is 3.36. The third kappa shape index (κ3) is 7.09. The maximum atomic E-state index is 5.61. The fourth-order valence-electron chi connectivity index (χ4n) is 3.23. The quantitative estimate of drug-likeness (QED) is 0.251. The summed E-state index contributed by atoms with van der Waals surface area (Å²) in [6.07, 6.45) is 5.52. The monoisotopic (exact) mass is 497 g/mol. The van der Waals surface area contributed by atoms with Gasteiger partial charge in [0.05, 0.1) is 6.54 Å². The number of likely N-dealkylation sites (tertiary alicyclic amines) is 1. The molecule has 0 unspecified atom stereocenters. The summed E-state index contributed by atoms with van der Waals surface area (Å²) < 4.78 is 5.61. The molecule has 154 valence electrons. The third-order valence-corrected chi connectivity index (χ3v) is 4.74. The van der Waals surface area contributed by atoms with Gasteiger partial charge in [0, 0.05) is 18.7 Å². The molecule has 2 aromatic rings. The van der Waals surface area contributed by atoms with E-state index in [2.05, 4.69) is 51.5 Å². The molecule has 0 saturated carbocycles. The van der Waals surface area contributed by atoms with Crippen molar-refractivity contribution in [1.29, 1.82) is 0 Å². The number of rotatable bonds is 8. The van der Waals surface area contributed by atoms with Crippen LogP contribution in [0.1, 0.15) is 37.4 Å². The molecule has 1 fully saturated rings. The van der Waals surface area contributed by atoms with Crippen LogP contribution in [0.5, 0.6) is 0 Å². The molecule has 7 heteroatoms. The van der Waals surface area contributed by atoms with Crippen LogP contribution in [0.3, 0.4) is 0 Å². The molecule has 0 aliphatic carbocycles. The SMILES string of the molecule is CCNC(=NCc1coc(-c2ccc(C)cc2)n1)NCCCN1CCCC1.I. The Morgan fingerprint density at radius 1 is 1.18 bits per heavy atom. The number of aryl methyl sites for hydroxylation is 1. The molecule has 0 bridgehead atoms. The van der Waals surface area contributed by atoms with Crippen LogP contribution in [0, 0.1) is 6.92 Å². The van der Waals surface area contributed by atoms with Crippen molar-refractivity contribution < 1.29 is 4.42 Å². The minimum atomic E-state index is 0. The Bertz CT molecular complexity index is 723. The zero-order chi connectivity index (χ0) is 18.9. The number of nitrogens with one attached hydrogen (secondary N) is 2. The van der Waals surface area contributed by atoms with E-state index in [0.717, 1.165) is 43.3 Å². The number of hydrogen-bond acceptors (Lipinski definition) is 4. The molecule has 1 aromatic heterocycles. The average molecular weight is 497 g/mol. The minimum absolute atomic E-state index is 0. The smallest absolute Gasteiger partial charge is 0.226 e. The van der Waals surface area contributed by atoms with Crippen LogP contribution in [0.25, 0.3) is 11.5 Å². The first kappa shape index (κ1) is 22.7. The number of benzene rings is 1. The van der Waals surface area contributed by atoms with E-state index in [4.69, 9.17) is 4.42 Å². The summed E-state index contributed by atoms with van der Waals surface area (Å²) in [6.45, 7) is 10.1. The van der Waals surface area contributed by atoms with Crippen LogP contribution in [0.2, 0.25) is 0 Å². The molecule has 2 heterocycles. The lowest BCUT2D eigenvalue weighted by Gasteiger charge is -2.15. The van der Waals surface area contributed by atoms with Crippen molar-refractivity contribution in [2.24, 2.45) is 4.99 Å². The number of halogens is 1. The lowest BCUT2D eigenvalue weighted by molar-refractivity contribution is 0.334. The summed E-state index contributed by atoms with van der Waals surface area (Å²) in [4.78, 5) is 11.7. The Morgan fingerprint density at radius 2 is 1.93 bits per heavy atom. The van der Waals surface area contributed by atoms with Gasteiger partial charge in [-0.05, 0) is 64.9 Å². The van der Waals surface area contributed by atoms with Gasteiger partial charge in [0.25, 0.3) is 0 Å². The van der Waals surface area contributed by atoms with Gasteiger partial charge in [-0.3, -0.25) is 0 Å². The number of oxazole rings is 1. The second-order valence-electron chi connectivity index (χ2n) is 7.03. The molecule has 6 nitrogen and oxygen atoms in total. The Balaban J connectivity index is 0.00000280. The fraction of sp³-hybridized carbons (Fsp3) is 0.524. The highest BCUT2D eigenvalue weighted by molar-refractivity contribution is 14.0. The summed E-state index contributed by atoms with van der Waals surface area (Å²) in [5, 5.41) is 6.71. The second kappa shape index (κ2) is 12.1. The predicted octanol–water partition coefficient (Wildman–Crippen LogP) is 3.81. The van der Waals surface area contributed by atoms with Gasteiger partial charge in [0.15, 0.2) is 5.96 Å². The number of nitrogens with zero attached hydrogens (tertiary/aromatic N) is 3. The van der Waals surface area contributed by atoms with Gasteiger partial charge in [-0.1, -0.05) is 17.7 Å². The Kier molecular flexibility index (Phi) is 9.77. The van der Waals surface area contributed by atoms with Gasteiger partial charge in [0.1, 0.15) is 12.0 Å². The van der Waals surface area contributed by atoms with Crippen LogP contribution in [-0.2, 0) is 6.54 Å². The van der Waals surface area contributed by atoms with Crippen molar-refractivity contribution in [3.63, 3.8) is 0 Å². The largest absolute Gasteiger partial charge is 0.444 e. The summed E-state index contributed by atoms with van der Waals surface area (Å²) >= 11 is 0. The zero-order valence-electron chi connectivity index (χ0n) is 16.9. The van der Waals surface area contributed by atoms with Gasteiger partial charge in [-0.2, -0.15) is 0 Å². The molecular formula is C21H32IN5O. The van der Waals surface area contributed by atoms with Crippen LogP contribution in [0.15, 0.2) is 39.9 Å². The minimum Gasteiger partial charge on any atom is -0.444 e. The van der Waals surface area contributed by atoms with E-state index >= 15 is 0 Å². The lowest BCUT2D eigenvalue weighted by Crippen LogP contribution is -2.38. The van der Waals surface area contributed by atoms with E-state index in [1.165, 1.54) is 31.5 Å². The van der Waals surface area contributed by atoms with Crippen molar-refractivity contribution in [3.05, 3.63) is 41.8 Å². The number of aromatic nitrogens is 1. The maximum Gasteiger partial charge on any atom is 0.226 e. The normalized spacial score (nSPS) is 14.7. The van der Waals surface area contributed by atoms with Crippen molar-refractivity contribution in [3.8, 4) is 11.5 Å². The molecule has 2 N–H and O–H groups in total. The van der Waals surface area contributed by atoms with Crippen molar-refractivity contribution >= 4 is 29.9 Å². The fourth-order valence-corrected chi connectivity index (χ4v) is 3.23. The summed E-state index contributed by atoms with van der Waals surface area (Å²) in [5.41, 5.74) is 3.05. The lowest BCUT2D eigenvalue weighted by atomic mass is 10.1. The van der Waals surface area contributed by atoms with Gasteiger partial charge in [-0.15, -0.1) is 24.0 Å². The highest BCUT2D eigenvalue weighted by Crippen LogP contribution is 2.19. The Hall–Kier alpha value is -1.61. The highest BCUT2D eigenvalue weighted by atomic mass is 127. The van der Waals surface area contributed by atoms with Crippen LogP contribution < -0.4 is 10.6 Å². The second-order valence-corrected chi connectivity index (χ2v) is 7.03. The molecular weight excluding hydrogens is 465 g/mol. The van der Waals surface area contributed by atoms with Crippen LogP contribution >= 0.6 is 24.0 Å². The summed E-state index contributed by atoms with van der Waals surface area (Å²) in [7, 11) is 0. The summed E-state index contributed by atoms with van der Waals surface area (Å²) in [5.74, 6) is 1.47. The molecule has 1 aromatic carbocycles. The molecule has 0 spiro atoms. The van der Waals surface area contributed by atoms with E-state index in [1.54, 1.807) is 6.26 Å². The molecule has 0 amide bonds. The first-order valence-electron chi connectivity index (χ1n) is 10.0. The predicted molar refractivity (Wildman–Crippen MR) is 125 cm³/mol. The number of hydrogen-bond donors (Lipinski definition) is 2. The molecule has 28 heavy (non-hydrogen) atoms. The number of aliphatic imine (C=N–C) groups is 1. The van der Waals surface area contributed by atoms with Crippen molar-refractivity contribution in [2.45, 2.75) is 39.7 Å². The number of guanidine groups is 1. The van der Waals surface area contributed by atoms with Crippen LogP contribution in [-0.4, -0.2) is 48.6 Å². The molecule has 1 saturated heterocycles. The topological polar surface area (TPSA) is 65.7 Å².